The van der Waals surface area contributed by atoms with Crippen LogP contribution in [0.25, 0.3) is 0 Å². The van der Waals surface area contributed by atoms with Gasteiger partial charge in [0.2, 0.25) is 0 Å². The molecule has 0 aliphatic heterocycles. The lowest BCUT2D eigenvalue weighted by molar-refractivity contribution is -0.152. The number of aliphatic hydroxyl groups excluding tert-OH is 1. The number of hydrogen-bond acceptors (Lipinski definition) is 2. The Morgan fingerprint density at radius 3 is 2.22 bits per heavy atom. The summed E-state index contributed by atoms with van der Waals surface area (Å²) in [7, 11) is 0. The summed E-state index contributed by atoms with van der Waals surface area (Å²) in [4.78, 5) is 0. The second-order valence-corrected chi connectivity index (χ2v) is 14.6. The van der Waals surface area contributed by atoms with E-state index in [1.807, 2.05) is 0 Å². The zero-order valence-corrected chi connectivity index (χ0v) is 22.4. The molecule has 2 nitrogen and oxygen atoms in total. The second-order valence-electron chi connectivity index (χ2n) is 14.6. The standard InChI is InChI=1S/C30H54O2/c1-8-30(32)18-17-28(6)21(19-30)10-11-22-24-13-12-23(29(24,7)16-15-25(22)28)20(2)9-14-26(31)27(3,4)5/h20-26,31-32H,8-19H2,1-7H3/t20-,21-,22+,23-,24?,25+,26-,28+,29-,30+/m1/s1. The summed E-state index contributed by atoms with van der Waals surface area (Å²) >= 11 is 0. The molecule has 4 fully saturated rings. The minimum atomic E-state index is -0.383. The maximum atomic E-state index is 11.0. The smallest absolute Gasteiger partial charge is 0.0648 e. The highest BCUT2D eigenvalue weighted by Gasteiger charge is 2.61. The summed E-state index contributed by atoms with van der Waals surface area (Å²) in [6, 6.07) is 0. The average Bonchev–Trinajstić information content (AvgIpc) is 3.09. The summed E-state index contributed by atoms with van der Waals surface area (Å²) in [5, 5.41) is 21.6. The summed E-state index contributed by atoms with van der Waals surface area (Å²) in [6.07, 6.45) is 14.6. The van der Waals surface area contributed by atoms with Crippen molar-refractivity contribution in [2.75, 3.05) is 0 Å². The molecule has 4 aliphatic rings. The molecule has 32 heavy (non-hydrogen) atoms. The van der Waals surface area contributed by atoms with Gasteiger partial charge in [-0.3, -0.25) is 0 Å². The highest BCUT2D eigenvalue weighted by Crippen LogP contribution is 2.69. The van der Waals surface area contributed by atoms with Crippen molar-refractivity contribution in [3.8, 4) is 0 Å². The Labute approximate surface area is 199 Å². The lowest BCUT2D eigenvalue weighted by atomic mass is 9.43. The predicted octanol–water partition coefficient (Wildman–Crippen LogP) is 7.61. The van der Waals surface area contributed by atoms with E-state index in [0.29, 0.717) is 10.8 Å². The predicted molar refractivity (Wildman–Crippen MR) is 134 cm³/mol. The number of rotatable bonds is 5. The molecule has 2 heteroatoms. The minimum Gasteiger partial charge on any atom is -0.393 e. The third-order valence-electron chi connectivity index (χ3n) is 12.1. The van der Waals surface area contributed by atoms with E-state index in [1.54, 1.807) is 0 Å². The number of fused-ring (bicyclic) bond motifs is 5. The van der Waals surface area contributed by atoms with Gasteiger partial charge in [0, 0.05) is 0 Å². The summed E-state index contributed by atoms with van der Waals surface area (Å²) < 4.78 is 0. The van der Waals surface area contributed by atoms with E-state index in [2.05, 4.69) is 48.5 Å². The third kappa shape index (κ3) is 4.12. The van der Waals surface area contributed by atoms with E-state index in [1.165, 1.54) is 51.4 Å². The van der Waals surface area contributed by atoms with Gasteiger partial charge in [0.25, 0.3) is 0 Å². The maximum absolute atomic E-state index is 11.0. The molecule has 0 aromatic carbocycles. The van der Waals surface area contributed by atoms with Crippen molar-refractivity contribution in [2.45, 2.75) is 137 Å². The van der Waals surface area contributed by atoms with Crippen LogP contribution in [-0.4, -0.2) is 21.9 Å². The fourth-order valence-electron chi connectivity index (χ4n) is 9.67. The Morgan fingerprint density at radius 2 is 1.56 bits per heavy atom. The van der Waals surface area contributed by atoms with Crippen molar-refractivity contribution >= 4 is 0 Å². The van der Waals surface area contributed by atoms with E-state index in [0.717, 1.165) is 61.2 Å². The van der Waals surface area contributed by atoms with Crippen LogP contribution >= 0.6 is 0 Å². The fraction of sp³-hybridized carbons (Fsp3) is 1.00. The van der Waals surface area contributed by atoms with Gasteiger partial charge in [-0.05, 0) is 129 Å². The zero-order chi connectivity index (χ0) is 23.5. The van der Waals surface area contributed by atoms with Gasteiger partial charge in [0.05, 0.1) is 11.7 Å². The van der Waals surface area contributed by atoms with Crippen molar-refractivity contribution < 1.29 is 10.2 Å². The quantitative estimate of drug-likeness (QED) is 0.456. The minimum absolute atomic E-state index is 0.00208. The topological polar surface area (TPSA) is 40.5 Å². The molecule has 0 saturated heterocycles. The molecule has 0 spiro atoms. The van der Waals surface area contributed by atoms with E-state index in [4.69, 9.17) is 0 Å². The Kier molecular flexibility index (Phi) is 6.68. The van der Waals surface area contributed by atoms with Crippen LogP contribution in [0, 0.1) is 51.8 Å². The van der Waals surface area contributed by atoms with Gasteiger partial charge in [-0.2, -0.15) is 0 Å². The van der Waals surface area contributed by atoms with Crippen LogP contribution in [0.4, 0.5) is 0 Å². The van der Waals surface area contributed by atoms with Crippen LogP contribution in [-0.2, 0) is 0 Å². The molecule has 1 unspecified atom stereocenters. The second kappa shape index (κ2) is 8.54. The molecule has 0 bridgehead atoms. The molecule has 0 aromatic heterocycles. The van der Waals surface area contributed by atoms with Gasteiger partial charge in [0.1, 0.15) is 0 Å². The van der Waals surface area contributed by atoms with Crippen LogP contribution in [0.15, 0.2) is 0 Å². The van der Waals surface area contributed by atoms with Crippen LogP contribution in [0.5, 0.6) is 0 Å². The van der Waals surface area contributed by atoms with Gasteiger partial charge in [-0.1, -0.05) is 48.5 Å². The summed E-state index contributed by atoms with van der Waals surface area (Å²) in [6.45, 7) is 16.5. The van der Waals surface area contributed by atoms with Gasteiger partial charge >= 0.3 is 0 Å². The van der Waals surface area contributed by atoms with Crippen molar-refractivity contribution in [3.63, 3.8) is 0 Å². The van der Waals surface area contributed by atoms with Crippen LogP contribution < -0.4 is 0 Å². The van der Waals surface area contributed by atoms with Crippen LogP contribution in [0.2, 0.25) is 0 Å². The SMILES string of the molecule is CC[C@]1(O)CC[C@@]2(C)[C@H](CC[C@H]3C4CC[C@H]([C@H](C)CC[C@@H](O)C(C)(C)C)[C@@]4(C)CC[C@@H]32)C1. The van der Waals surface area contributed by atoms with Gasteiger partial charge in [0.15, 0.2) is 0 Å². The first-order valence-electron chi connectivity index (χ1n) is 14.2. The van der Waals surface area contributed by atoms with Crippen molar-refractivity contribution in [1.82, 2.24) is 0 Å². The third-order valence-corrected chi connectivity index (χ3v) is 12.1. The summed E-state index contributed by atoms with van der Waals surface area (Å²) in [5.74, 6) is 5.01. The zero-order valence-electron chi connectivity index (χ0n) is 22.4. The average molecular weight is 447 g/mol. The lowest BCUT2D eigenvalue weighted by Crippen LogP contribution is -2.56. The highest BCUT2D eigenvalue weighted by atomic mass is 16.3. The largest absolute Gasteiger partial charge is 0.393 e. The van der Waals surface area contributed by atoms with Crippen LogP contribution in [0.1, 0.15) is 126 Å². The molecule has 4 aliphatic carbocycles. The van der Waals surface area contributed by atoms with Crippen molar-refractivity contribution in [1.29, 1.82) is 0 Å². The molecule has 2 N–H and O–H groups in total. The Bertz CT molecular complexity index is 666. The van der Waals surface area contributed by atoms with E-state index in [-0.39, 0.29) is 17.1 Å². The molecule has 186 valence electrons. The van der Waals surface area contributed by atoms with E-state index < -0.39 is 0 Å². The number of aliphatic hydroxyl groups is 2. The van der Waals surface area contributed by atoms with E-state index in [9.17, 15) is 10.2 Å². The maximum Gasteiger partial charge on any atom is 0.0648 e. The monoisotopic (exact) mass is 446 g/mol. The molecule has 4 saturated carbocycles. The first-order valence-corrected chi connectivity index (χ1v) is 14.2. The fourth-order valence-corrected chi connectivity index (χ4v) is 9.67. The molecule has 0 heterocycles. The molecular weight excluding hydrogens is 392 g/mol. The molecular formula is C30H54O2. The van der Waals surface area contributed by atoms with Gasteiger partial charge in [-0.25, -0.2) is 0 Å². The van der Waals surface area contributed by atoms with Gasteiger partial charge in [-0.15, -0.1) is 0 Å². The molecule has 0 aromatic rings. The Morgan fingerprint density at radius 1 is 0.875 bits per heavy atom. The van der Waals surface area contributed by atoms with Crippen LogP contribution in [0.3, 0.4) is 0 Å². The molecule has 10 atom stereocenters. The number of hydrogen-bond donors (Lipinski definition) is 2. The first kappa shape index (κ1) is 25.0. The lowest BCUT2D eigenvalue weighted by Gasteiger charge is -2.62. The summed E-state index contributed by atoms with van der Waals surface area (Å²) in [5.41, 5.74) is 0.588. The Hall–Kier alpha value is -0.0800. The van der Waals surface area contributed by atoms with Gasteiger partial charge < -0.3 is 10.2 Å². The normalized spacial score (nSPS) is 48.5. The molecule has 4 rings (SSSR count). The Balaban J connectivity index is 1.45. The van der Waals surface area contributed by atoms with E-state index >= 15 is 0 Å². The molecule has 0 radical (unpaired) electrons. The molecule has 0 amide bonds. The van der Waals surface area contributed by atoms with Crippen molar-refractivity contribution in [2.24, 2.45) is 51.8 Å². The highest BCUT2D eigenvalue weighted by molar-refractivity contribution is 5.10. The first-order chi connectivity index (χ1) is 14.8. The van der Waals surface area contributed by atoms with Crippen molar-refractivity contribution in [3.05, 3.63) is 0 Å².